The van der Waals surface area contributed by atoms with Gasteiger partial charge in [0.05, 0.1) is 0 Å². The molecule has 1 atom stereocenters. The Morgan fingerprint density at radius 1 is 1.19 bits per heavy atom. The van der Waals surface area contributed by atoms with Crippen LogP contribution in [-0.4, -0.2) is 17.7 Å². The zero-order valence-corrected chi connectivity index (χ0v) is 9.03. The molecule has 16 heavy (non-hydrogen) atoms. The molecular formula is C13H10O3. The Morgan fingerprint density at radius 3 is 2.56 bits per heavy atom. The largest absolute Gasteiger partial charge is 0.426 e. The van der Waals surface area contributed by atoms with Gasteiger partial charge >= 0.3 is 0 Å². The van der Waals surface area contributed by atoms with Crippen molar-refractivity contribution in [3.8, 4) is 12.0 Å². The second-order valence-corrected chi connectivity index (χ2v) is 3.63. The van der Waals surface area contributed by atoms with Gasteiger partial charge in [-0.25, -0.2) is 0 Å². The molecule has 80 valence electrons. The molecular weight excluding hydrogens is 204 g/mol. The third kappa shape index (κ3) is 1.49. The van der Waals surface area contributed by atoms with Crippen LogP contribution in [0, 0.1) is 19.0 Å². The summed E-state index contributed by atoms with van der Waals surface area (Å²) in [6.45, 7) is 3.46. The molecule has 0 fully saturated rings. The molecule has 0 spiro atoms. The van der Waals surface area contributed by atoms with Crippen LogP contribution in [0.3, 0.4) is 0 Å². The zero-order chi connectivity index (χ0) is 11.7. The average molecular weight is 214 g/mol. The van der Waals surface area contributed by atoms with Crippen molar-refractivity contribution in [2.75, 3.05) is 0 Å². The predicted molar refractivity (Wildman–Crippen MR) is 58.2 cm³/mol. The van der Waals surface area contributed by atoms with E-state index in [2.05, 4.69) is 12.0 Å². The van der Waals surface area contributed by atoms with Gasteiger partial charge in [0.1, 0.15) is 6.11 Å². The highest BCUT2D eigenvalue weighted by atomic mass is 16.5. The molecule has 3 heteroatoms. The lowest BCUT2D eigenvalue weighted by molar-refractivity contribution is 0.0659. The van der Waals surface area contributed by atoms with Gasteiger partial charge in [0.2, 0.25) is 17.7 Å². The van der Waals surface area contributed by atoms with Crippen LogP contribution >= 0.6 is 0 Å². The molecule has 1 aromatic rings. The predicted octanol–water partition coefficient (Wildman–Crippen LogP) is 1.74. The van der Waals surface area contributed by atoms with E-state index in [1.165, 1.54) is 0 Å². The summed E-state index contributed by atoms with van der Waals surface area (Å²) in [6, 6.07) is 5.17. The Balaban J connectivity index is 2.43. The maximum atomic E-state index is 11.9. The van der Waals surface area contributed by atoms with Gasteiger partial charge in [-0.3, -0.25) is 9.59 Å². The number of ether oxygens (including phenoxy) is 1. The zero-order valence-electron chi connectivity index (χ0n) is 9.03. The highest BCUT2D eigenvalue weighted by Crippen LogP contribution is 2.25. The van der Waals surface area contributed by atoms with Gasteiger partial charge in [-0.1, -0.05) is 23.6 Å². The maximum Gasteiger partial charge on any atom is 0.235 e. The van der Waals surface area contributed by atoms with Crippen molar-refractivity contribution in [2.45, 2.75) is 20.0 Å². The molecule has 0 saturated carbocycles. The van der Waals surface area contributed by atoms with E-state index in [9.17, 15) is 9.59 Å². The molecule has 3 nitrogen and oxygen atoms in total. The number of carbonyl (C=O) groups excluding carboxylic acids is 2. The number of carbonyl (C=O) groups is 2. The smallest absolute Gasteiger partial charge is 0.235 e. The van der Waals surface area contributed by atoms with Crippen LogP contribution in [0.15, 0.2) is 18.2 Å². The summed E-state index contributed by atoms with van der Waals surface area (Å²) in [4.78, 5) is 23.7. The lowest BCUT2D eigenvalue weighted by atomic mass is 10.1. The van der Waals surface area contributed by atoms with Crippen LogP contribution in [0.5, 0.6) is 0 Å². The summed E-state index contributed by atoms with van der Waals surface area (Å²) < 4.78 is 4.94. The molecule has 0 N–H and O–H groups in total. The van der Waals surface area contributed by atoms with Crippen LogP contribution in [0.1, 0.15) is 33.2 Å². The fourth-order valence-electron chi connectivity index (χ4n) is 1.70. The van der Waals surface area contributed by atoms with E-state index in [-0.39, 0.29) is 11.6 Å². The van der Waals surface area contributed by atoms with Gasteiger partial charge in [-0.05, 0) is 13.0 Å². The summed E-state index contributed by atoms with van der Waals surface area (Å²) in [5.41, 5.74) is 1.81. The van der Waals surface area contributed by atoms with Gasteiger partial charge in [-0.15, -0.1) is 0 Å². The molecule has 1 aromatic carbocycles. The number of benzene rings is 1. The first-order chi connectivity index (χ1) is 7.65. The van der Waals surface area contributed by atoms with E-state index in [4.69, 9.17) is 4.74 Å². The van der Waals surface area contributed by atoms with Crippen LogP contribution in [0.25, 0.3) is 0 Å². The Bertz CT molecular complexity index is 532. The van der Waals surface area contributed by atoms with E-state index in [0.29, 0.717) is 11.1 Å². The normalized spacial score (nSPS) is 17.8. The second-order valence-electron chi connectivity index (χ2n) is 3.63. The standard InChI is InChI=1S/C13H10O3/c1-3-6-16-13-11(14)9-5-4-8(2)7-10(9)12(13)15/h4-5,7,13H,1-2H3. The highest BCUT2D eigenvalue weighted by Gasteiger charge is 2.40. The molecule has 1 unspecified atom stereocenters. The van der Waals surface area contributed by atoms with Crippen molar-refractivity contribution in [1.29, 1.82) is 0 Å². The number of rotatable bonds is 1. The van der Waals surface area contributed by atoms with Crippen molar-refractivity contribution in [3.63, 3.8) is 0 Å². The lowest BCUT2D eigenvalue weighted by Gasteiger charge is -2.01. The van der Waals surface area contributed by atoms with E-state index < -0.39 is 6.10 Å². The average Bonchev–Trinajstić information content (AvgIpc) is 2.50. The van der Waals surface area contributed by atoms with Gasteiger partial charge in [-0.2, -0.15) is 0 Å². The fourth-order valence-corrected chi connectivity index (χ4v) is 1.70. The van der Waals surface area contributed by atoms with Crippen LogP contribution in [0.4, 0.5) is 0 Å². The van der Waals surface area contributed by atoms with E-state index >= 15 is 0 Å². The fraction of sp³-hybridized carbons (Fsp3) is 0.231. The summed E-state index contributed by atoms with van der Waals surface area (Å²) in [6.07, 6.45) is 1.23. The summed E-state index contributed by atoms with van der Waals surface area (Å²) in [5, 5.41) is 0. The molecule has 0 aromatic heterocycles. The molecule has 2 rings (SSSR count). The molecule has 0 amide bonds. The maximum absolute atomic E-state index is 11.9. The monoisotopic (exact) mass is 214 g/mol. The summed E-state index contributed by atoms with van der Waals surface area (Å²) in [5.74, 6) is 1.89. The Labute approximate surface area is 93.4 Å². The molecule has 1 aliphatic carbocycles. The Morgan fingerprint density at radius 2 is 1.88 bits per heavy atom. The molecule has 0 heterocycles. The minimum absolute atomic E-state index is 0.300. The third-order valence-electron chi connectivity index (χ3n) is 2.46. The number of Topliss-reactive ketones (excluding diaryl/α,β-unsaturated/α-hetero) is 2. The van der Waals surface area contributed by atoms with E-state index in [0.717, 1.165) is 5.56 Å². The highest BCUT2D eigenvalue weighted by molar-refractivity contribution is 6.28. The SMILES string of the molecule is CC#COC1C(=O)c2ccc(C)cc2C1=O. The lowest BCUT2D eigenvalue weighted by Crippen LogP contribution is -2.23. The summed E-state index contributed by atoms with van der Waals surface area (Å²) in [7, 11) is 0. The van der Waals surface area contributed by atoms with Crippen molar-refractivity contribution < 1.29 is 14.3 Å². The van der Waals surface area contributed by atoms with Crippen LogP contribution in [0.2, 0.25) is 0 Å². The molecule has 0 bridgehead atoms. The first kappa shape index (κ1) is 10.4. The Kier molecular flexibility index (Phi) is 2.49. The third-order valence-corrected chi connectivity index (χ3v) is 2.46. The molecule has 1 aliphatic rings. The number of hydrogen-bond acceptors (Lipinski definition) is 3. The minimum Gasteiger partial charge on any atom is -0.426 e. The molecule has 0 radical (unpaired) electrons. The van der Waals surface area contributed by atoms with E-state index in [1.54, 1.807) is 25.1 Å². The van der Waals surface area contributed by atoms with Crippen LogP contribution in [-0.2, 0) is 4.74 Å². The van der Waals surface area contributed by atoms with Crippen molar-refractivity contribution in [3.05, 3.63) is 34.9 Å². The topological polar surface area (TPSA) is 43.4 Å². The van der Waals surface area contributed by atoms with Gasteiger partial charge in [0.15, 0.2) is 0 Å². The summed E-state index contributed by atoms with van der Waals surface area (Å²) >= 11 is 0. The van der Waals surface area contributed by atoms with Crippen molar-refractivity contribution >= 4 is 11.6 Å². The first-order valence-corrected chi connectivity index (χ1v) is 4.91. The van der Waals surface area contributed by atoms with Crippen molar-refractivity contribution in [1.82, 2.24) is 0 Å². The van der Waals surface area contributed by atoms with Gasteiger partial charge in [0, 0.05) is 18.1 Å². The first-order valence-electron chi connectivity index (χ1n) is 4.91. The minimum atomic E-state index is -1.08. The Hall–Kier alpha value is -2.08. The van der Waals surface area contributed by atoms with Gasteiger partial charge in [0.25, 0.3) is 0 Å². The van der Waals surface area contributed by atoms with Gasteiger partial charge < -0.3 is 4.74 Å². The molecule has 0 saturated heterocycles. The van der Waals surface area contributed by atoms with Crippen LogP contribution < -0.4 is 0 Å². The quantitative estimate of drug-likeness (QED) is 0.528. The number of aryl methyl sites for hydroxylation is 1. The molecule has 0 aliphatic heterocycles. The van der Waals surface area contributed by atoms with E-state index in [1.807, 2.05) is 6.92 Å². The number of fused-ring (bicyclic) bond motifs is 1. The van der Waals surface area contributed by atoms with Crippen molar-refractivity contribution in [2.24, 2.45) is 0 Å². The number of hydrogen-bond donors (Lipinski definition) is 0. The second kappa shape index (κ2) is 3.82. The number of ketones is 2.